The van der Waals surface area contributed by atoms with E-state index in [1.54, 1.807) is 13.8 Å². The Bertz CT molecular complexity index is 1180. The Morgan fingerprint density at radius 1 is 1.22 bits per heavy atom. The molecule has 0 aromatic heterocycles. The lowest BCUT2D eigenvalue weighted by Crippen LogP contribution is -2.50. The number of ether oxygens (including phenoxy) is 1. The molecule has 0 fully saturated rings. The van der Waals surface area contributed by atoms with Crippen LogP contribution >= 0.6 is 0 Å². The second-order valence-corrected chi connectivity index (χ2v) is 9.70. The van der Waals surface area contributed by atoms with E-state index in [0.29, 0.717) is 43.7 Å². The highest BCUT2D eigenvalue weighted by Gasteiger charge is 2.48. The van der Waals surface area contributed by atoms with Crippen LogP contribution in [0.15, 0.2) is 42.0 Å². The number of carboxylic acid groups (broad SMARTS) is 1. The first-order valence-corrected chi connectivity index (χ1v) is 12.5. The number of aliphatic carboxylic acids is 1. The molecule has 2 aromatic rings. The van der Waals surface area contributed by atoms with Gasteiger partial charge in [0, 0.05) is 18.2 Å². The summed E-state index contributed by atoms with van der Waals surface area (Å²) in [5.74, 6) is -6.34. The van der Waals surface area contributed by atoms with Gasteiger partial charge in [-0.2, -0.15) is 8.78 Å². The van der Waals surface area contributed by atoms with Crippen LogP contribution in [-0.4, -0.2) is 60.9 Å². The number of nitrogens with zero attached hydrogens (tertiary/aromatic N) is 1. The van der Waals surface area contributed by atoms with Gasteiger partial charge in [-0.3, -0.25) is 9.29 Å². The molecule has 2 atom stereocenters. The molecule has 5 nitrogen and oxygen atoms in total. The van der Waals surface area contributed by atoms with E-state index in [9.17, 15) is 18.0 Å². The molecule has 0 saturated heterocycles. The molecule has 37 heavy (non-hydrogen) atoms. The minimum atomic E-state index is -4.00. The van der Waals surface area contributed by atoms with Gasteiger partial charge in [0.15, 0.2) is 0 Å². The summed E-state index contributed by atoms with van der Waals surface area (Å²) in [7, 11) is 0. The average molecular weight is 521 g/mol. The van der Waals surface area contributed by atoms with Crippen LogP contribution in [0.5, 0.6) is 5.75 Å². The summed E-state index contributed by atoms with van der Waals surface area (Å²) < 4.78 is 62.9. The molecule has 1 heterocycles. The number of fused-ring (bicyclic) bond motifs is 2. The van der Waals surface area contributed by atoms with Crippen LogP contribution in [0.4, 0.5) is 17.6 Å². The number of rotatable bonds is 11. The van der Waals surface area contributed by atoms with Crippen LogP contribution < -0.4 is 10.1 Å². The van der Waals surface area contributed by atoms with Crippen LogP contribution in [0.3, 0.4) is 0 Å². The number of hydrogen-bond acceptors (Lipinski definition) is 4. The molecule has 2 aliphatic rings. The first-order valence-electron chi connectivity index (χ1n) is 12.5. The van der Waals surface area contributed by atoms with Gasteiger partial charge in [0.2, 0.25) is 0 Å². The zero-order valence-electron chi connectivity index (χ0n) is 21.0. The predicted molar refractivity (Wildman–Crippen MR) is 133 cm³/mol. The van der Waals surface area contributed by atoms with E-state index >= 15 is 4.39 Å². The number of nitrogens with one attached hydrogen (secondary N) is 1. The molecule has 1 aliphatic carbocycles. The predicted octanol–water partition coefficient (Wildman–Crippen LogP) is 5.33. The van der Waals surface area contributed by atoms with Crippen molar-refractivity contribution in [2.75, 3.05) is 32.9 Å². The molecule has 0 amide bonds. The van der Waals surface area contributed by atoms with Gasteiger partial charge in [0.25, 0.3) is 0 Å². The van der Waals surface area contributed by atoms with Crippen LogP contribution in [0.25, 0.3) is 5.57 Å². The lowest BCUT2D eigenvalue weighted by atomic mass is 9.83. The number of hydrogen-bond donors (Lipinski definition) is 2. The molecule has 0 spiro atoms. The van der Waals surface area contributed by atoms with E-state index in [2.05, 4.69) is 5.32 Å². The quantitative estimate of drug-likeness (QED) is 0.310. The summed E-state index contributed by atoms with van der Waals surface area (Å²) in [4.78, 5) is 12.8. The third kappa shape index (κ3) is 5.52. The van der Waals surface area contributed by atoms with Gasteiger partial charge >= 0.3 is 11.9 Å². The fourth-order valence-electron chi connectivity index (χ4n) is 5.43. The summed E-state index contributed by atoms with van der Waals surface area (Å²) in [5.41, 5.74) is 4.59. The minimum Gasteiger partial charge on any atom is -0.492 e. The molecule has 2 N–H and O–H groups in total. The van der Waals surface area contributed by atoms with E-state index in [1.807, 2.05) is 24.3 Å². The van der Waals surface area contributed by atoms with Crippen LogP contribution in [0.1, 0.15) is 48.1 Å². The number of carboxylic acids is 1. The topological polar surface area (TPSA) is 61.8 Å². The third-order valence-corrected chi connectivity index (χ3v) is 7.24. The van der Waals surface area contributed by atoms with Crippen molar-refractivity contribution in [3.8, 4) is 5.75 Å². The summed E-state index contributed by atoms with van der Waals surface area (Å²) in [6, 6.07) is 9.24. The number of halogens is 4. The Morgan fingerprint density at radius 2 is 1.97 bits per heavy atom. The molecule has 4 rings (SSSR count). The number of alkyl halides is 3. The van der Waals surface area contributed by atoms with Crippen molar-refractivity contribution in [3.05, 3.63) is 70.0 Å². The van der Waals surface area contributed by atoms with Gasteiger partial charge in [0.05, 0.1) is 19.3 Å². The lowest BCUT2D eigenvalue weighted by molar-refractivity contribution is -0.169. The molecular formula is C28H32F4N2O3. The zero-order valence-corrected chi connectivity index (χ0v) is 21.0. The summed E-state index contributed by atoms with van der Waals surface area (Å²) in [5, 5.41) is 12.2. The Kier molecular flexibility index (Phi) is 8.23. The smallest absolute Gasteiger partial charge is 0.375 e. The lowest BCUT2D eigenvalue weighted by Gasteiger charge is -2.43. The maximum absolute atomic E-state index is 15.6. The molecule has 0 unspecified atom stereocenters. The van der Waals surface area contributed by atoms with Gasteiger partial charge in [-0.1, -0.05) is 24.3 Å². The Labute approximate surface area is 214 Å². The summed E-state index contributed by atoms with van der Waals surface area (Å²) >= 11 is 0. The van der Waals surface area contributed by atoms with Crippen molar-refractivity contribution in [1.82, 2.24) is 10.2 Å². The monoisotopic (exact) mass is 520 g/mol. The normalized spacial score (nSPS) is 19.6. The fraction of sp³-hybridized carbons (Fsp3) is 0.464. The van der Waals surface area contributed by atoms with Crippen molar-refractivity contribution in [2.24, 2.45) is 0 Å². The number of carbonyl (C=O) groups is 1. The third-order valence-electron chi connectivity index (χ3n) is 7.24. The van der Waals surface area contributed by atoms with Crippen LogP contribution in [0.2, 0.25) is 0 Å². The molecule has 2 aromatic carbocycles. The Morgan fingerprint density at radius 3 is 2.70 bits per heavy atom. The maximum atomic E-state index is 15.6. The standard InChI is InChI=1S/C28H32F4N2O3/c1-17-14-21-20-7-4-3-6-19(20)15-22(21)26(34(17)16-28(31,32)27(35)36)25-18(2)24(9-8-23(25)30)37-13-12-33-11-5-10-29/h3-4,6-9,17,26,33H,5,10-16H2,1-2H3,(H,35,36)/t17-,26+/m1/s1. The molecule has 0 saturated carbocycles. The van der Waals surface area contributed by atoms with Gasteiger partial charge < -0.3 is 15.2 Å². The van der Waals surface area contributed by atoms with Gasteiger partial charge in [-0.05, 0) is 79.6 Å². The summed E-state index contributed by atoms with van der Waals surface area (Å²) in [6.07, 6.45) is 1.33. The SMILES string of the molecule is Cc1c(OCCNCCCF)ccc(F)c1[C@@H]1C2=C(C[C@@H](C)N1CC(F)(F)C(=O)O)c1ccccc1C2. The second-order valence-electron chi connectivity index (χ2n) is 9.70. The molecule has 0 bridgehead atoms. The highest BCUT2D eigenvalue weighted by atomic mass is 19.3. The van der Waals surface area contributed by atoms with Crippen LogP contribution in [0, 0.1) is 12.7 Å². The van der Waals surface area contributed by atoms with Crippen molar-refractivity contribution in [1.29, 1.82) is 0 Å². The highest BCUT2D eigenvalue weighted by molar-refractivity contribution is 5.79. The van der Waals surface area contributed by atoms with Crippen molar-refractivity contribution in [2.45, 2.75) is 51.1 Å². The van der Waals surface area contributed by atoms with Crippen molar-refractivity contribution < 1.29 is 32.2 Å². The van der Waals surface area contributed by atoms with Gasteiger partial charge in [0.1, 0.15) is 18.2 Å². The highest BCUT2D eigenvalue weighted by Crippen LogP contribution is 2.50. The summed E-state index contributed by atoms with van der Waals surface area (Å²) in [6.45, 7) is 3.26. The molecule has 200 valence electrons. The molecule has 1 aliphatic heterocycles. The maximum Gasteiger partial charge on any atom is 0.375 e. The first kappa shape index (κ1) is 27.1. The van der Waals surface area contributed by atoms with Crippen LogP contribution in [-0.2, 0) is 11.2 Å². The molecular weight excluding hydrogens is 488 g/mol. The van der Waals surface area contributed by atoms with E-state index in [1.165, 1.54) is 17.0 Å². The van der Waals surface area contributed by atoms with Crippen molar-refractivity contribution in [3.63, 3.8) is 0 Å². The number of benzene rings is 2. The zero-order chi connectivity index (χ0) is 26.7. The average Bonchev–Trinajstić information content (AvgIpc) is 3.22. The van der Waals surface area contributed by atoms with Gasteiger partial charge in [-0.25, -0.2) is 9.18 Å². The first-order chi connectivity index (χ1) is 17.7. The van der Waals surface area contributed by atoms with E-state index in [4.69, 9.17) is 9.84 Å². The Hall–Kier alpha value is -2.91. The van der Waals surface area contributed by atoms with E-state index < -0.39 is 43.0 Å². The fourth-order valence-corrected chi connectivity index (χ4v) is 5.43. The second kappa shape index (κ2) is 11.2. The van der Waals surface area contributed by atoms with Gasteiger partial charge in [-0.15, -0.1) is 0 Å². The minimum absolute atomic E-state index is 0.218. The van der Waals surface area contributed by atoms with E-state index in [-0.39, 0.29) is 12.2 Å². The van der Waals surface area contributed by atoms with Crippen molar-refractivity contribution >= 4 is 11.5 Å². The molecule has 0 radical (unpaired) electrons. The largest absolute Gasteiger partial charge is 0.492 e. The Balaban J connectivity index is 1.73. The molecule has 9 heteroatoms. The van der Waals surface area contributed by atoms with E-state index in [0.717, 1.165) is 22.3 Å².